The van der Waals surface area contributed by atoms with E-state index < -0.39 is 0 Å². The molecule has 0 bridgehead atoms. The summed E-state index contributed by atoms with van der Waals surface area (Å²) in [6.45, 7) is 3.79. The molecule has 1 heterocycles. The van der Waals surface area contributed by atoms with E-state index in [9.17, 15) is 5.11 Å². The number of likely N-dealkylation sites (tertiary alicyclic amines) is 1. The van der Waals surface area contributed by atoms with Gasteiger partial charge in [0.05, 0.1) is 12.6 Å². The smallest absolute Gasteiger partial charge is 0.0607 e. The van der Waals surface area contributed by atoms with Crippen LogP contribution < -0.4 is 0 Å². The zero-order valence-electron chi connectivity index (χ0n) is 11.0. The van der Waals surface area contributed by atoms with Gasteiger partial charge in [0.1, 0.15) is 0 Å². The molecule has 1 fully saturated rings. The zero-order chi connectivity index (χ0) is 12.8. The van der Waals surface area contributed by atoms with E-state index in [0.29, 0.717) is 6.04 Å². The summed E-state index contributed by atoms with van der Waals surface area (Å²) in [5.74, 6) is 6.43. The summed E-state index contributed by atoms with van der Waals surface area (Å²) in [6, 6.07) is 10.6. The Morgan fingerprint density at radius 1 is 1.39 bits per heavy atom. The lowest BCUT2D eigenvalue weighted by Gasteiger charge is -2.23. The first-order valence-corrected chi connectivity index (χ1v) is 6.72. The Hall–Kier alpha value is -1.30. The van der Waals surface area contributed by atoms with Gasteiger partial charge in [-0.25, -0.2) is 0 Å². The molecular formula is C16H21NO. The molecule has 1 N–H and O–H groups in total. The zero-order valence-corrected chi connectivity index (χ0v) is 11.0. The molecule has 2 heteroatoms. The lowest BCUT2D eigenvalue weighted by molar-refractivity contribution is 0.140. The SMILES string of the molecule is CC(O)CC1CCCN1CC#Cc1ccccc1. The number of hydrogen-bond acceptors (Lipinski definition) is 2. The van der Waals surface area contributed by atoms with Crippen molar-refractivity contribution >= 4 is 0 Å². The van der Waals surface area contributed by atoms with E-state index in [2.05, 4.69) is 16.7 Å². The van der Waals surface area contributed by atoms with Crippen molar-refractivity contribution in [1.29, 1.82) is 0 Å². The number of benzene rings is 1. The normalized spacial score (nSPS) is 21.3. The monoisotopic (exact) mass is 243 g/mol. The number of aliphatic hydroxyl groups excluding tert-OH is 1. The Morgan fingerprint density at radius 2 is 2.17 bits per heavy atom. The molecule has 2 nitrogen and oxygen atoms in total. The maximum atomic E-state index is 9.47. The third kappa shape index (κ3) is 3.87. The fourth-order valence-corrected chi connectivity index (χ4v) is 2.53. The van der Waals surface area contributed by atoms with Gasteiger partial charge in [-0.15, -0.1) is 0 Å². The maximum Gasteiger partial charge on any atom is 0.0607 e. The number of nitrogens with zero attached hydrogens (tertiary/aromatic N) is 1. The molecule has 1 aromatic rings. The Bertz CT molecular complexity index is 416. The Balaban J connectivity index is 1.88. The van der Waals surface area contributed by atoms with Gasteiger partial charge in [0.15, 0.2) is 0 Å². The molecule has 0 aromatic heterocycles. The van der Waals surface area contributed by atoms with Crippen molar-refractivity contribution in [3.63, 3.8) is 0 Å². The summed E-state index contributed by atoms with van der Waals surface area (Å²) < 4.78 is 0. The van der Waals surface area contributed by atoms with Gasteiger partial charge in [0, 0.05) is 11.6 Å². The van der Waals surface area contributed by atoms with Crippen LogP contribution in [0.4, 0.5) is 0 Å². The van der Waals surface area contributed by atoms with Crippen LogP contribution in [0.2, 0.25) is 0 Å². The van der Waals surface area contributed by atoms with Crippen LogP contribution in [-0.4, -0.2) is 35.2 Å². The molecule has 18 heavy (non-hydrogen) atoms. The molecule has 1 aliphatic heterocycles. The fraction of sp³-hybridized carbons (Fsp3) is 0.500. The average molecular weight is 243 g/mol. The first-order chi connectivity index (χ1) is 8.75. The topological polar surface area (TPSA) is 23.5 Å². The van der Waals surface area contributed by atoms with Crippen LogP contribution in [0.1, 0.15) is 31.7 Å². The van der Waals surface area contributed by atoms with Crippen LogP contribution in [0.25, 0.3) is 0 Å². The summed E-state index contributed by atoms with van der Waals surface area (Å²) in [7, 11) is 0. The standard InChI is InChI=1S/C16H21NO/c1-14(18)13-16-10-6-12-17(16)11-5-9-15-7-3-2-4-8-15/h2-4,7-8,14,16,18H,6,10-13H2,1H3. The summed E-state index contributed by atoms with van der Waals surface area (Å²) >= 11 is 0. The van der Waals surface area contributed by atoms with Crippen LogP contribution >= 0.6 is 0 Å². The van der Waals surface area contributed by atoms with Gasteiger partial charge in [-0.05, 0) is 44.9 Å². The van der Waals surface area contributed by atoms with Gasteiger partial charge >= 0.3 is 0 Å². The minimum absolute atomic E-state index is 0.210. The van der Waals surface area contributed by atoms with Gasteiger partial charge in [0.2, 0.25) is 0 Å². The van der Waals surface area contributed by atoms with Crippen molar-refractivity contribution in [3.8, 4) is 11.8 Å². The molecule has 2 atom stereocenters. The first-order valence-electron chi connectivity index (χ1n) is 6.72. The van der Waals surface area contributed by atoms with Crippen LogP contribution in [0.3, 0.4) is 0 Å². The molecule has 0 aliphatic carbocycles. The van der Waals surface area contributed by atoms with Crippen molar-refractivity contribution in [3.05, 3.63) is 35.9 Å². The summed E-state index contributed by atoms with van der Waals surface area (Å²) in [5, 5.41) is 9.47. The largest absolute Gasteiger partial charge is 0.393 e. The highest BCUT2D eigenvalue weighted by Gasteiger charge is 2.24. The molecule has 0 amide bonds. The van der Waals surface area contributed by atoms with E-state index in [-0.39, 0.29) is 6.10 Å². The molecule has 2 rings (SSSR count). The molecule has 0 spiro atoms. The minimum atomic E-state index is -0.210. The van der Waals surface area contributed by atoms with E-state index >= 15 is 0 Å². The first kappa shape index (κ1) is 13.1. The highest BCUT2D eigenvalue weighted by atomic mass is 16.3. The lowest BCUT2D eigenvalue weighted by atomic mass is 10.1. The molecule has 1 aromatic carbocycles. The van der Waals surface area contributed by atoms with Gasteiger partial charge in [0.25, 0.3) is 0 Å². The summed E-state index contributed by atoms with van der Waals surface area (Å²) in [6.07, 6.45) is 3.08. The van der Waals surface area contributed by atoms with E-state index in [0.717, 1.165) is 25.1 Å². The molecule has 1 saturated heterocycles. The van der Waals surface area contributed by atoms with E-state index in [1.54, 1.807) is 0 Å². The number of aliphatic hydroxyl groups is 1. The third-order valence-corrected chi connectivity index (χ3v) is 3.40. The Morgan fingerprint density at radius 3 is 2.89 bits per heavy atom. The predicted molar refractivity (Wildman–Crippen MR) is 74.2 cm³/mol. The Kier molecular flexibility index (Phi) is 4.81. The van der Waals surface area contributed by atoms with Crippen molar-refractivity contribution in [2.45, 2.75) is 38.3 Å². The number of hydrogen-bond donors (Lipinski definition) is 1. The molecule has 2 unspecified atom stereocenters. The Labute approximate surface area is 110 Å². The molecular weight excluding hydrogens is 222 g/mol. The predicted octanol–water partition coefficient (Wildman–Crippen LogP) is 2.27. The van der Waals surface area contributed by atoms with E-state index in [1.807, 2.05) is 37.3 Å². The summed E-state index contributed by atoms with van der Waals surface area (Å²) in [5.41, 5.74) is 1.07. The van der Waals surface area contributed by atoms with Crippen LogP contribution in [0.5, 0.6) is 0 Å². The molecule has 96 valence electrons. The second-order valence-corrected chi connectivity index (χ2v) is 5.02. The average Bonchev–Trinajstić information content (AvgIpc) is 2.77. The van der Waals surface area contributed by atoms with Crippen LogP contribution in [0.15, 0.2) is 30.3 Å². The molecule has 0 saturated carbocycles. The van der Waals surface area contributed by atoms with Gasteiger partial charge < -0.3 is 5.11 Å². The van der Waals surface area contributed by atoms with E-state index in [1.165, 1.54) is 12.8 Å². The van der Waals surface area contributed by atoms with Gasteiger partial charge in [-0.1, -0.05) is 30.0 Å². The van der Waals surface area contributed by atoms with Gasteiger partial charge in [-0.3, -0.25) is 4.90 Å². The fourth-order valence-electron chi connectivity index (χ4n) is 2.53. The highest BCUT2D eigenvalue weighted by molar-refractivity contribution is 5.33. The lowest BCUT2D eigenvalue weighted by Crippen LogP contribution is -2.32. The maximum absolute atomic E-state index is 9.47. The van der Waals surface area contributed by atoms with E-state index in [4.69, 9.17) is 0 Å². The highest BCUT2D eigenvalue weighted by Crippen LogP contribution is 2.20. The summed E-state index contributed by atoms with van der Waals surface area (Å²) in [4.78, 5) is 2.39. The second kappa shape index (κ2) is 6.58. The van der Waals surface area contributed by atoms with Crippen molar-refractivity contribution in [2.75, 3.05) is 13.1 Å². The van der Waals surface area contributed by atoms with Crippen LogP contribution in [0, 0.1) is 11.8 Å². The third-order valence-electron chi connectivity index (χ3n) is 3.40. The number of rotatable bonds is 3. The van der Waals surface area contributed by atoms with Crippen LogP contribution in [-0.2, 0) is 0 Å². The quantitative estimate of drug-likeness (QED) is 0.823. The van der Waals surface area contributed by atoms with Crippen molar-refractivity contribution in [1.82, 2.24) is 4.90 Å². The minimum Gasteiger partial charge on any atom is -0.393 e. The molecule has 1 aliphatic rings. The molecule has 0 radical (unpaired) electrons. The van der Waals surface area contributed by atoms with Crippen molar-refractivity contribution < 1.29 is 5.11 Å². The second-order valence-electron chi connectivity index (χ2n) is 5.02. The van der Waals surface area contributed by atoms with Crippen molar-refractivity contribution in [2.24, 2.45) is 0 Å². The van der Waals surface area contributed by atoms with Gasteiger partial charge in [-0.2, -0.15) is 0 Å².